The molecule has 0 N–H and O–H groups in total. The van der Waals surface area contributed by atoms with Crippen LogP contribution in [0.5, 0.6) is 5.75 Å². The first-order valence-electron chi connectivity index (χ1n) is 8.60. The van der Waals surface area contributed by atoms with Gasteiger partial charge in [-0.05, 0) is 74.5 Å². The molecule has 0 aliphatic heterocycles. The third-order valence-electron chi connectivity index (χ3n) is 6.07. The van der Waals surface area contributed by atoms with Crippen LogP contribution < -0.4 is 4.74 Å². The quantitative estimate of drug-likeness (QED) is 0.763. The average molecular weight is 335 g/mol. The van der Waals surface area contributed by atoms with Crippen molar-refractivity contribution in [2.24, 2.45) is 23.2 Å². The first kappa shape index (κ1) is 15.8. The lowest BCUT2D eigenvalue weighted by Gasteiger charge is -2.56. The predicted molar refractivity (Wildman–Crippen MR) is 82.3 cm³/mol. The van der Waals surface area contributed by atoms with Crippen LogP contribution in [0.15, 0.2) is 18.2 Å². The molecular formula is C19H20F3NO. The SMILES string of the molecule is N#Cc1cc(OCC23CC4CC(CC(C4)C2)C3)cc(C(F)(F)F)c1. The van der Waals surface area contributed by atoms with E-state index in [0.29, 0.717) is 6.61 Å². The van der Waals surface area contributed by atoms with E-state index in [2.05, 4.69) is 0 Å². The van der Waals surface area contributed by atoms with E-state index < -0.39 is 11.7 Å². The minimum atomic E-state index is -4.47. The average Bonchev–Trinajstić information content (AvgIpc) is 2.50. The summed E-state index contributed by atoms with van der Waals surface area (Å²) in [6.45, 7) is 0.475. The van der Waals surface area contributed by atoms with Gasteiger partial charge in [0, 0.05) is 5.41 Å². The molecule has 0 aromatic heterocycles. The Balaban J connectivity index is 1.53. The monoisotopic (exact) mass is 335 g/mol. The molecule has 0 saturated heterocycles. The zero-order valence-corrected chi connectivity index (χ0v) is 13.4. The second kappa shape index (κ2) is 5.40. The van der Waals surface area contributed by atoms with E-state index in [0.717, 1.165) is 49.1 Å². The fourth-order valence-corrected chi connectivity index (χ4v) is 5.61. The maximum absolute atomic E-state index is 13.0. The van der Waals surface area contributed by atoms with Gasteiger partial charge in [-0.1, -0.05) is 0 Å². The Hall–Kier alpha value is -1.70. The van der Waals surface area contributed by atoms with Gasteiger partial charge < -0.3 is 4.74 Å². The van der Waals surface area contributed by atoms with Gasteiger partial charge in [0.2, 0.25) is 0 Å². The number of nitriles is 1. The lowest BCUT2D eigenvalue weighted by Crippen LogP contribution is -2.48. The summed E-state index contributed by atoms with van der Waals surface area (Å²) in [5.41, 5.74) is -0.692. The molecule has 4 saturated carbocycles. The zero-order chi connectivity index (χ0) is 16.9. The Morgan fingerprint density at radius 1 is 1.04 bits per heavy atom. The Bertz CT molecular complexity index is 654. The Labute approximate surface area is 139 Å². The van der Waals surface area contributed by atoms with Crippen molar-refractivity contribution in [1.82, 2.24) is 0 Å². The number of rotatable bonds is 3. The van der Waals surface area contributed by atoms with E-state index in [1.165, 1.54) is 25.3 Å². The van der Waals surface area contributed by atoms with Gasteiger partial charge in [-0.2, -0.15) is 18.4 Å². The van der Waals surface area contributed by atoms with E-state index in [-0.39, 0.29) is 16.7 Å². The molecule has 2 nitrogen and oxygen atoms in total. The highest BCUT2D eigenvalue weighted by Crippen LogP contribution is 2.60. The molecule has 128 valence electrons. The number of hydrogen-bond donors (Lipinski definition) is 0. The first-order valence-corrected chi connectivity index (χ1v) is 8.60. The molecule has 0 unspecified atom stereocenters. The van der Waals surface area contributed by atoms with Gasteiger partial charge >= 0.3 is 6.18 Å². The topological polar surface area (TPSA) is 33.0 Å². The summed E-state index contributed by atoms with van der Waals surface area (Å²) in [4.78, 5) is 0. The molecule has 4 bridgehead atoms. The van der Waals surface area contributed by atoms with Crippen LogP contribution in [-0.2, 0) is 6.18 Å². The van der Waals surface area contributed by atoms with Crippen LogP contribution >= 0.6 is 0 Å². The number of nitrogens with zero attached hydrogens (tertiary/aromatic N) is 1. The van der Waals surface area contributed by atoms with Crippen LogP contribution in [0.25, 0.3) is 0 Å². The Morgan fingerprint density at radius 3 is 2.12 bits per heavy atom. The third kappa shape index (κ3) is 2.87. The molecule has 5 heteroatoms. The van der Waals surface area contributed by atoms with E-state index in [1.807, 2.05) is 0 Å². The number of alkyl halides is 3. The maximum atomic E-state index is 13.0. The van der Waals surface area contributed by atoms with Crippen molar-refractivity contribution >= 4 is 0 Å². The van der Waals surface area contributed by atoms with Gasteiger partial charge in [0.05, 0.1) is 23.8 Å². The number of halogens is 3. The van der Waals surface area contributed by atoms with Crippen LogP contribution in [0.1, 0.15) is 49.7 Å². The number of hydrogen-bond acceptors (Lipinski definition) is 2. The summed E-state index contributed by atoms with van der Waals surface area (Å²) in [7, 11) is 0. The highest BCUT2D eigenvalue weighted by atomic mass is 19.4. The molecule has 4 fully saturated rings. The van der Waals surface area contributed by atoms with Crippen LogP contribution in [0.2, 0.25) is 0 Å². The van der Waals surface area contributed by atoms with E-state index >= 15 is 0 Å². The molecule has 0 heterocycles. The Kier molecular flexibility index (Phi) is 3.56. The van der Waals surface area contributed by atoms with Crippen LogP contribution in [0.4, 0.5) is 13.2 Å². The van der Waals surface area contributed by atoms with Crippen molar-refractivity contribution in [2.45, 2.75) is 44.7 Å². The van der Waals surface area contributed by atoms with E-state index in [9.17, 15) is 13.2 Å². The predicted octanol–water partition coefficient (Wildman–Crippen LogP) is 5.17. The van der Waals surface area contributed by atoms with Gasteiger partial charge in [-0.15, -0.1) is 0 Å². The molecule has 4 aliphatic rings. The van der Waals surface area contributed by atoms with Crippen molar-refractivity contribution in [2.75, 3.05) is 6.61 Å². The van der Waals surface area contributed by atoms with Gasteiger partial charge in [0.1, 0.15) is 5.75 Å². The minimum Gasteiger partial charge on any atom is -0.493 e. The van der Waals surface area contributed by atoms with Gasteiger partial charge in [0.25, 0.3) is 0 Å². The van der Waals surface area contributed by atoms with Gasteiger partial charge in [0.15, 0.2) is 0 Å². The molecule has 0 radical (unpaired) electrons. The molecule has 4 aliphatic carbocycles. The molecule has 1 aromatic rings. The molecule has 0 atom stereocenters. The molecular weight excluding hydrogens is 315 g/mol. The lowest BCUT2D eigenvalue weighted by atomic mass is 9.50. The fraction of sp³-hybridized carbons (Fsp3) is 0.632. The summed E-state index contributed by atoms with van der Waals surface area (Å²) in [5.74, 6) is 2.49. The molecule has 24 heavy (non-hydrogen) atoms. The van der Waals surface area contributed by atoms with E-state index in [1.54, 1.807) is 6.07 Å². The highest BCUT2D eigenvalue weighted by molar-refractivity contribution is 5.41. The fourth-order valence-electron chi connectivity index (χ4n) is 5.61. The Morgan fingerprint density at radius 2 is 1.62 bits per heavy atom. The van der Waals surface area contributed by atoms with Crippen molar-refractivity contribution in [3.63, 3.8) is 0 Å². The standard InChI is InChI=1S/C19H20F3NO/c20-19(21,22)16-4-15(10-23)5-17(6-16)24-11-18-7-12-1-13(8-18)3-14(2-12)9-18/h4-6,12-14H,1-3,7-9,11H2. The second-order valence-electron chi connectivity index (χ2n) is 8.06. The summed E-state index contributed by atoms with van der Waals surface area (Å²) in [6.07, 6.45) is 2.92. The van der Waals surface area contributed by atoms with Crippen LogP contribution in [-0.4, -0.2) is 6.61 Å². The summed E-state index contributed by atoms with van der Waals surface area (Å²) in [5, 5.41) is 8.98. The smallest absolute Gasteiger partial charge is 0.416 e. The lowest BCUT2D eigenvalue weighted by molar-refractivity contribution is -0.137. The molecule has 1 aromatic carbocycles. The zero-order valence-electron chi connectivity index (χ0n) is 13.4. The largest absolute Gasteiger partial charge is 0.493 e. The molecule has 0 spiro atoms. The van der Waals surface area contributed by atoms with Crippen molar-refractivity contribution in [3.8, 4) is 11.8 Å². The third-order valence-corrected chi connectivity index (χ3v) is 6.07. The van der Waals surface area contributed by atoms with Crippen LogP contribution in [0.3, 0.4) is 0 Å². The summed E-state index contributed by atoms with van der Waals surface area (Å²) >= 11 is 0. The maximum Gasteiger partial charge on any atom is 0.416 e. The summed E-state index contributed by atoms with van der Waals surface area (Å²) in [6, 6.07) is 5.09. The second-order valence-corrected chi connectivity index (χ2v) is 8.06. The minimum absolute atomic E-state index is 0.00895. The highest BCUT2D eigenvalue weighted by Gasteiger charge is 2.51. The van der Waals surface area contributed by atoms with Gasteiger partial charge in [-0.3, -0.25) is 0 Å². The van der Waals surface area contributed by atoms with E-state index in [4.69, 9.17) is 10.00 Å². The normalized spacial score (nSPS) is 34.2. The van der Waals surface area contributed by atoms with Crippen LogP contribution in [0, 0.1) is 34.5 Å². The molecule has 0 amide bonds. The van der Waals surface area contributed by atoms with Crippen molar-refractivity contribution < 1.29 is 17.9 Å². The first-order chi connectivity index (χ1) is 11.4. The van der Waals surface area contributed by atoms with Gasteiger partial charge in [-0.25, -0.2) is 0 Å². The van der Waals surface area contributed by atoms with Crippen molar-refractivity contribution in [3.05, 3.63) is 29.3 Å². The number of ether oxygens (including phenoxy) is 1. The number of benzene rings is 1. The summed E-state index contributed by atoms with van der Waals surface area (Å²) < 4.78 is 44.7. The molecule has 5 rings (SSSR count). The van der Waals surface area contributed by atoms with Crippen molar-refractivity contribution in [1.29, 1.82) is 5.26 Å².